The Kier molecular flexibility index (Phi) is 7.93. The van der Waals surface area contributed by atoms with E-state index in [9.17, 15) is 26.8 Å². The van der Waals surface area contributed by atoms with Gasteiger partial charge >= 0.3 is 0 Å². The van der Waals surface area contributed by atoms with Gasteiger partial charge in [-0.15, -0.1) is 0 Å². The summed E-state index contributed by atoms with van der Waals surface area (Å²) in [7, 11) is -2.35. The fraction of sp³-hybridized carbons (Fsp3) is 0.391. The summed E-state index contributed by atoms with van der Waals surface area (Å²) >= 11 is 0. The van der Waals surface area contributed by atoms with E-state index in [4.69, 9.17) is 4.74 Å². The molecule has 1 aliphatic rings. The third-order valence-electron chi connectivity index (χ3n) is 5.69. The summed E-state index contributed by atoms with van der Waals surface area (Å²) in [5, 5.41) is 0. The second-order valence-electron chi connectivity index (χ2n) is 7.92. The molecule has 2 aromatic rings. The molecule has 1 fully saturated rings. The van der Waals surface area contributed by atoms with Crippen molar-refractivity contribution >= 4 is 21.7 Å². The molecule has 1 saturated heterocycles. The molecule has 1 N–H and O–H groups in total. The molecule has 0 aromatic heterocycles. The molecule has 10 heteroatoms. The van der Waals surface area contributed by atoms with Crippen molar-refractivity contribution in [2.75, 3.05) is 33.4 Å². The zero-order chi connectivity index (χ0) is 24.2. The number of piperidine rings is 1. The maximum Gasteiger partial charge on any atom is 0.254 e. The van der Waals surface area contributed by atoms with Gasteiger partial charge in [0.2, 0.25) is 10.0 Å². The Morgan fingerprint density at radius 3 is 2.45 bits per heavy atom. The number of Topliss-reactive ketones (excluding diaryl/α,β-unsaturated/α-hetero) is 1. The molecule has 1 heterocycles. The van der Waals surface area contributed by atoms with Crippen LogP contribution in [0.2, 0.25) is 0 Å². The lowest BCUT2D eigenvalue weighted by molar-refractivity contribution is 0.0648. The number of hydrogen-bond donors (Lipinski definition) is 1. The molecule has 3 rings (SSSR count). The summed E-state index contributed by atoms with van der Waals surface area (Å²) in [5.41, 5.74) is 0.593. The van der Waals surface area contributed by atoms with Gasteiger partial charge in [-0.1, -0.05) is 6.07 Å². The van der Waals surface area contributed by atoms with Gasteiger partial charge in [-0.25, -0.2) is 21.9 Å². The number of aryl methyl sites for hydroxylation is 1. The number of nitrogens with one attached hydrogen (secondary N) is 1. The van der Waals surface area contributed by atoms with E-state index in [-0.39, 0.29) is 48.2 Å². The minimum atomic E-state index is -3.81. The van der Waals surface area contributed by atoms with Gasteiger partial charge in [-0.3, -0.25) is 9.59 Å². The predicted octanol–water partition coefficient (Wildman–Crippen LogP) is 2.93. The number of nitrogens with zero attached hydrogens (tertiary/aromatic N) is 1. The number of amides is 1. The Labute approximate surface area is 191 Å². The van der Waals surface area contributed by atoms with Gasteiger partial charge in [0.25, 0.3) is 5.91 Å². The van der Waals surface area contributed by atoms with Crippen molar-refractivity contribution in [3.05, 3.63) is 64.7 Å². The van der Waals surface area contributed by atoms with E-state index in [0.29, 0.717) is 18.4 Å². The number of methoxy groups -OCH3 is 1. The number of rotatable bonds is 8. The maximum absolute atomic E-state index is 14.0. The van der Waals surface area contributed by atoms with Gasteiger partial charge in [-0.2, -0.15) is 0 Å². The summed E-state index contributed by atoms with van der Waals surface area (Å²) in [5.74, 6) is -2.81. The minimum Gasteiger partial charge on any atom is -0.383 e. The second-order valence-corrected chi connectivity index (χ2v) is 9.69. The summed E-state index contributed by atoms with van der Waals surface area (Å²) in [6.07, 6.45) is 0.603. The monoisotopic (exact) mass is 480 g/mol. The lowest BCUT2D eigenvalue weighted by Gasteiger charge is -2.32. The lowest BCUT2D eigenvalue weighted by atomic mass is 9.88. The van der Waals surface area contributed by atoms with Crippen LogP contribution in [0.1, 0.15) is 39.1 Å². The second kappa shape index (κ2) is 10.5. The van der Waals surface area contributed by atoms with Crippen LogP contribution >= 0.6 is 0 Å². The van der Waals surface area contributed by atoms with Crippen molar-refractivity contribution in [3.8, 4) is 0 Å². The fourth-order valence-corrected chi connectivity index (χ4v) is 4.82. The van der Waals surface area contributed by atoms with Gasteiger partial charge in [0.15, 0.2) is 5.78 Å². The van der Waals surface area contributed by atoms with Gasteiger partial charge in [0, 0.05) is 38.2 Å². The number of hydrogen-bond acceptors (Lipinski definition) is 5. The number of ketones is 1. The maximum atomic E-state index is 14.0. The highest BCUT2D eigenvalue weighted by molar-refractivity contribution is 7.89. The molecule has 2 aromatic carbocycles. The Hall–Kier alpha value is -2.69. The first kappa shape index (κ1) is 24.9. The molecule has 0 saturated carbocycles. The molecule has 7 nitrogen and oxygen atoms in total. The Morgan fingerprint density at radius 1 is 1.09 bits per heavy atom. The molecular formula is C23H26F2N2O5S. The van der Waals surface area contributed by atoms with Crippen LogP contribution in [0.3, 0.4) is 0 Å². The van der Waals surface area contributed by atoms with Crippen LogP contribution in [-0.4, -0.2) is 58.4 Å². The van der Waals surface area contributed by atoms with Crippen LogP contribution < -0.4 is 4.72 Å². The SMILES string of the molecule is COCCNS(=O)(=O)c1ccc(C)c(C(=O)N2CCC(C(=O)c3cc(F)ccc3F)CC2)c1. The lowest BCUT2D eigenvalue weighted by Crippen LogP contribution is -2.40. The molecule has 0 bridgehead atoms. The van der Waals surface area contributed by atoms with Crippen molar-refractivity contribution in [1.29, 1.82) is 0 Å². The Morgan fingerprint density at radius 2 is 1.79 bits per heavy atom. The predicted molar refractivity (Wildman–Crippen MR) is 118 cm³/mol. The van der Waals surface area contributed by atoms with Crippen molar-refractivity contribution in [1.82, 2.24) is 9.62 Å². The van der Waals surface area contributed by atoms with Crippen LogP contribution in [0.25, 0.3) is 0 Å². The van der Waals surface area contributed by atoms with E-state index in [1.807, 2.05) is 0 Å². The zero-order valence-electron chi connectivity index (χ0n) is 18.4. The molecular weight excluding hydrogens is 454 g/mol. The summed E-state index contributed by atoms with van der Waals surface area (Å²) in [6, 6.07) is 7.12. The zero-order valence-corrected chi connectivity index (χ0v) is 19.3. The largest absolute Gasteiger partial charge is 0.383 e. The highest BCUT2D eigenvalue weighted by atomic mass is 32.2. The van der Waals surface area contributed by atoms with Gasteiger partial charge < -0.3 is 9.64 Å². The van der Waals surface area contributed by atoms with E-state index in [1.54, 1.807) is 17.9 Å². The standard InChI is InChI=1S/C23H26F2N2O5S/c1-15-3-5-18(33(30,31)26-9-12-32-2)14-19(15)23(29)27-10-7-16(8-11-27)22(28)20-13-17(24)4-6-21(20)25/h3-6,13-14,16,26H,7-12H2,1-2H3. The number of sulfonamides is 1. The van der Waals surface area contributed by atoms with E-state index < -0.39 is 33.4 Å². The molecule has 1 amide bonds. The first-order chi connectivity index (χ1) is 15.6. The van der Waals surface area contributed by atoms with E-state index >= 15 is 0 Å². The van der Waals surface area contributed by atoms with Crippen molar-refractivity contribution in [2.24, 2.45) is 5.92 Å². The number of halogens is 2. The molecule has 0 atom stereocenters. The van der Waals surface area contributed by atoms with Crippen LogP contribution in [0.4, 0.5) is 8.78 Å². The van der Waals surface area contributed by atoms with Crippen LogP contribution in [0.15, 0.2) is 41.3 Å². The number of carbonyl (C=O) groups excluding carboxylic acids is 2. The average Bonchev–Trinajstić information content (AvgIpc) is 2.80. The molecule has 178 valence electrons. The van der Waals surface area contributed by atoms with Gasteiger partial charge in [0.05, 0.1) is 17.1 Å². The van der Waals surface area contributed by atoms with Gasteiger partial charge in [0.1, 0.15) is 11.6 Å². The summed E-state index contributed by atoms with van der Waals surface area (Å²) < 4.78 is 59.6. The van der Waals surface area contributed by atoms with Crippen LogP contribution in [0.5, 0.6) is 0 Å². The van der Waals surface area contributed by atoms with Crippen molar-refractivity contribution < 1.29 is 31.5 Å². The minimum absolute atomic E-state index is 0.0285. The van der Waals surface area contributed by atoms with Crippen molar-refractivity contribution in [3.63, 3.8) is 0 Å². The smallest absolute Gasteiger partial charge is 0.254 e. The molecule has 0 aliphatic carbocycles. The topological polar surface area (TPSA) is 92.8 Å². The Bertz CT molecular complexity index is 1150. The van der Waals surface area contributed by atoms with Gasteiger partial charge in [-0.05, 0) is 55.7 Å². The highest BCUT2D eigenvalue weighted by Gasteiger charge is 2.30. The highest BCUT2D eigenvalue weighted by Crippen LogP contribution is 2.26. The summed E-state index contributed by atoms with van der Waals surface area (Å²) in [6.45, 7) is 2.52. The number of ether oxygens (including phenoxy) is 1. The third-order valence-corrected chi connectivity index (χ3v) is 7.15. The first-order valence-corrected chi connectivity index (χ1v) is 12.0. The molecule has 0 spiro atoms. The van der Waals surface area contributed by atoms with Crippen LogP contribution in [0, 0.1) is 24.5 Å². The van der Waals surface area contributed by atoms with Crippen LogP contribution in [-0.2, 0) is 14.8 Å². The number of benzene rings is 2. The number of carbonyl (C=O) groups is 2. The van der Waals surface area contributed by atoms with E-state index in [2.05, 4.69) is 4.72 Å². The average molecular weight is 481 g/mol. The third kappa shape index (κ3) is 5.82. The van der Waals surface area contributed by atoms with E-state index in [1.165, 1.54) is 19.2 Å². The van der Waals surface area contributed by atoms with E-state index in [0.717, 1.165) is 18.2 Å². The Balaban J connectivity index is 1.70. The normalized spacial score (nSPS) is 15.0. The molecule has 0 radical (unpaired) electrons. The quantitative estimate of drug-likeness (QED) is 0.463. The first-order valence-electron chi connectivity index (χ1n) is 10.5. The number of likely N-dealkylation sites (tertiary alicyclic amines) is 1. The fourth-order valence-electron chi connectivity index (χ4n) is 3.78. The summed E-state index contributed by atoms with van der Waals surface area (Å²) in [4.78, 5) is 27.3. The van der Waals surface area contributed by atoms with Crippen molar-refractivity contribution in [2.45, 2.75) is 24.7 Å². The molecule has 1 aliphatic heterocycles. The molecule has 0 unspecified atom stereocenters. The molecule has 33 heavy (non-hydrogen) atoms.